The summed E-state index contributed by atoms with van der Waals surface area (Å²) < 4.78 is 18.9. The third-order valence-electron chi connectivity index (χ3n) is 2.27. The van der Waals surface area contributed by atoms with E-state index in [1.54, 1.807) is 0 Å². The maximum atomic E-state index is 11.0. The monoisotopic (exact) mass is 308 g/mol. The molecular formula is C13H24O8. The molecule has 0 heterocycles. The summed E-state index contributed by atoms with van der Waals surface area (Å²) in [6.07, 6.45) is 1.09. The fourth-order valence-corrected chi connectivity index (χ4v) is 1.19. The molecule has 0 atom stereocenters. The van der Waals surface area contributed by atoms with Crippen molar-refractivity contribution in [2.45, 2.75) is 32.1 Å². The molecule has 0 fully saturated rings. The highest BCUT2D eigenvalue weighted by Crippen LogP contribution is 1.95. The maximum Gasteiger partial charge on any atom is 0.508 e. The predicted molar refractivity (Wildman–Crippen MR) is 71.9 cm³/mol. The number of ether oxygens (including phenoxy) is 4. The standard InChI is InChI=1S/C13H24O8/c14-6-1-3-8-18-12(16)20-10-5-11-21-13(17)19-9-4-2-7-15/h14-15H,1-11H2. The highest BCUT2D eigenvalue weighted by atomic mass is 16.7. The number of hydrogen-bond donors (Lipinski definition) is 2. The lowest BCUT2D eigenvalue weighted by molar-refractivity contribution is 0.0352. The van der Waals surface area contributed by atoms with Gasteiger partial charge in [0.15, 0.2) is 0 Å². The second-order valence-electron chi connectivity index (χ2n) is 4.11. The number of carbonyl (C=O) groups is 2. The Bertz CT molecular complexity index is 243. The van der Waals surface area contributed by atoms with Gasteiger partial charge in [-0.05, 0) is 25.7 Å². The minimum Gasteiger partial charge on any atom is -0.434 e. The second-order valence-corrected chi connectivity index (χ2v) is 4.11. The van der Waals surface area contributed by atoms with Crippen molar-refractivity contribution in [3.05, 3.63) is 0 Å². The molecule has 0 aromatic rings. The van der Waals surface area contributed by atoms with Gasteiger partial charge in [-0.25, -0.2) is 9.59 Å². The molecule has 8 nitrogen and oxygen atoms in total. The van der Waals surface area contributed by atoms with E-state index in [2.05, 4.69) is 0 Å². The van der Waals surface area contributed by atoms with Crippen molar-refractivity contribution in [1.29, 1.82) is 0 Å². The zero-order valence-corrected chi connectivity index (χ0v) is 12.1. The molecule has 0 aromatic heterocycles. The van der Waals surface area contributed by atoms with E-state index in [0.29, 0.717) is 32.1 Å². The molecule has 0 aliphatic rings. The van der Waals surface area contributed by atoms with Gasteiger partial charge in [0, 0.05) is 19.6 Å². The SMILES string of the molecule is O=C(OCCCCO)OCCCOC(=O)OCCCCO. The summed E-state index contributed by atoms with van der Waals surface area (Å²) >= 11 is 0. The van der Waals surface area contributed by atoms with Crippen molar-refractivity contribution in [2.24, 2.45) is 0 Å². The molecule has 0 bridgehead atoms. The van der Waals surface area contributed by atoms with Gasteiger partial charge in [0.05, 0.1) is 26.4 Å². The fourth-order valence-electron chi connectivity index (χ4n) is 1.19. The van der Waals surface area contributed by atoms with Gasteiger partial charge in [0.2, 0.25) is 0 Å². The van der Waals surface area contributed by atoms with Crippen molar-refractivity contribution in [3.63, 3.8) is 0 Å². The van der Waals surface area contributed by atoms with Gasteiger partial charge >= 0.3 is 12.3 Å². The van der Waals surface area contributed by atoms with E-state index in [4.69, 9.17) is 29.2 Å². The zero-order chi connectivity index (χ0) is 15.8. The Morgan fingerprint density at radius 3 is 1.24 bits per heavy atom. The minimum atomic E-state index is -0.778. The highest BCUT2D eigenvalue weighted by molar-refractivity contribution is 5.60. The molecule has 0 aliphatic carbocycles. The Hall–Kier alpha value is -1.54. The Balaban J connectivity index is 3.30. The lowest BCUT2D eigenvalue weighted by Crippen LogP contribution is -2.13. The molecule has 21 heavy (non-hydrogen) atoms. The van der Waals surface area contributed by atoms with Crippen LogP contribution < -0.4 is 0 Å². The molecule has 8 heteroatoms. The summed E-state index contributed by atoms with van der Waals surface area (Å²) in [6, 6.07) is 0. The molecule has 0 rings (SSSR count). The highest BCUT2D eigenvalue weighted by Gasteiger charge is 2.05. The van der Waals surface area contributed by atoms with Gasteiger partial charge in [-0.2, -0.15) is 0 Å². The van der Waals surface area contributed by atoms with E-state index in [9.17, 15) is 9.59 Å². The summed E-state index contributed by atoms with van der Waals surface area (Å²) in [5.74, 6) is 0. The average Bonchev–Trinajstić information content (AvgIpc) is 2.48. The molecule has 0 spiro atoms. The Morgan fingerprint density at radius 2 is 0.905 bits per heavy atom. The van der Waals surface area contributed by atoms with Crippen LogP contribution in [0.5, 0.6) is 0 Å². The summed E-state index contributed by atoms with van der Waals surface area (Å²) in [4.78, 5) is 22.1. The van der Waals surface area contributed by atoms with Crippen LogP contribution in [0.1, 0.15) is 32.1 Å². The van der Waals surface area contributed by atoms with Crippen molar-refractivity contribution >= 4 is 12.3 Å². The molecule has 2 N–H and O–H groups in total. The molecular weight excluding hydrogens is 284 g/mol. The summed E-state index contributed by atoms with van der Waals surface area (Å²) in [5, 5.41) is 17.0. The fraction of sp³-hybridized carbons (Fsp3) is 0.846. The quantitative estimate of drug-likeness (QED) is 0.409. The van der Waals surface area contributed by atoms with Crippen LogP contribution in [0.3, 0.4) is 0 Å². The Kier molecular flexibility index (Phi) is 13.8. The number of aliphatic hydroxyl groups is 2. The van der Waals surface area contributed by atoms with E-state index in [-0.39, 0.29) is 39.6 Å². The topological polar surface area (TPSA) is 112 Å². The lowest BCUT2D eigenvalue weighted by Gasteiger charge is -2.07. The number of carbonyl (C=O) groups excluding carboxylic acids is 2. The number of unbranched alkanes of at least 4 members (excludes halogenated alkanes) is 2. The smallest absolute Gasteiger partial charge is 0.434 e. The van der Waals surface area contributed by atoms with E-state index in [1.165, 1.54) is 0 Å². The molecule has 0 saturated heterocycles. The molecule has 0 radical (unpaired) electrons. The largest absolute Gasteiger partial charge is 0.508 e. The first kappa shape index (κ1) is 19.5. The molecule has 0 amide bonds. The first-order chi connectivity index (χ1) is 10.2. The van der Waals surface area contributed by atoms with Crippen molar-refractivity contribution in [1.82, 2.24) is 0 Å². The van der Waals surface area contributed by atoms with Crippen LogP contribution in [0.4, 0.5) is 9.59 Å². The Labute approximate surface area is 123 Å². The van der Waals surface area contributed by atoms with Gasteiger partial charge in [-0.15, -0.1) is 0 Å². The van der Waals surface area contributed by atoms with E-state index < -0.39 is 12.3 Å². The molecule has 0 aromatic carbocycles. The van der Waals surface area contributed by atoms with Crippen LogP contribution in [0.25, 0.3) is 0 Å². The molecule has 0 unspecified atom stereocenters. The first-order valence-corrected chi connectivity index (χ1v) is 7.01. The lowest BCUT2D eigenvalue weighted by atomic mass is 10.3. The third-order valence-corrected chi connectivity index (χ3v) is 2.27. The maximum absolute atomic E-state index is 11.0. The normalized spacial score (nSPS) is 10.0. The summed E-state index contributed by atoms with van der Waals surface area (Å²) in [7, 11) is 0. The van der Waals surface area contributed by atoms with Crippen LogP contribution in [-0.4, -0.2) is 62.2 Å². The van der Waals surface area contributed by atoms with Crippen LogP contribution in [-0.2, 0) is 18.9 Å². The molecule has 0 saturated carbocycles. The van der Waals surface area contributed by atoms with Crippen LogP contribution >= 0.6 is 0 Å². The van der Waals surface area contributed by atoms with Crippen LogP contribution in [0, 0.1) is 0 Å². The van der Waals surface area contributed by atoms with Gasteiger partial charge in [-0.3, -0.25) is 0 Å². The van der Waals surface area contributed by atoms with E-state index in [1.807, 2.05) is 0 Å². The first-order valence-electron chi connectivity index (χ1n) is 7.01. The number of aliphatic hydroxyl groups excluding tert-OH is 2. The Morgan fingerprint density at radius 1 is 0.571 bits per heavy atom. The predicted octanol–water partition coefficient (Wildman–Crippen LogP) is 1.23. The van der Waals surface area contributed by atoms with Crippen molar-refractivity contribution < 1.29 is 38.7 Å². The van der Waals surface area contributed by atoms with Crippen LogP contribution in [0.2, 0.25) is 0 Å². The van der Waals surface area contributed by atoms with Gasteiger partial charge in [-0.1, -0.05) is 0 Å². The van der Waals surface area contributed by atoms with Gasteiger partial charge in [0.1, 0.15) is 0 Å². The zero-order valence-electron chi connectivity index (χ0n) is 12.1. The van der Waals surface area contributed by atoms with Crippen molar-refractivity contribution in [3.8, 4) is 0 Å². The molecule has 124 valence electrons. The van der Waals surface area contributed by atoms with Gasteiger partial charge < -0.3 is 29.2 Å². The average molecular weight is 308 g/mol. The minimum absolute atomic E-state index is 0.0614. The van der Waals surface area contributed by atoms with E-state index in [0.717, 1.165) is 0 Å². The third kappa shape index (κ3) is 14.7. The summed E-state index contributed by atoms with van der Waals surface area (Å²) in [6.45, 7) is 0.692. The molecule has 0 aliphatic heterocycles. The van der Waals surface area contributed by atoms with Crippen molar-refractivity contribution in [2.75, 3.05) is 39.6 Å². The van der Waals surface area contributed by atoms with Gasteiger partial charge in [0.25, 0.3) is 0 Å². The number of hydrogen-bond acceptors (Lipinski definition) is 8. The second kappa shape index (κ2) is 14.9. The van der Waals surface area contributed by atoms with E-state index >= 15 is 0 Å². The van der Waals surface area contributed by atoms with Crippen LogP contribution in [0.15, 0.2) is 0 Å². The number of rotatable bonds is 12. The summed E-state index contributed by atoms with van der Waals surface area (Å²) in [5.41, 5.74) is 0.